The molecule has 1 saturated heterocycles. The largest absolute Gasteiger partial charge is 0.299 e. The Balaban J connectivity index is 1.52. The van der Waals surface area contributed by atoms with Crippen molar-refractivity contribution in [2.75, 3.05) is 0 Å². The van der Waals surface area contributed by atoms with Crippen LogP contribution in [0.3, 0.4) is 0 Å². The number of fused-ring (bicyclic) bond motifs is 2. The highest BCUT2D eigenvalue weighted by Crippen LogP contribution is 2.64. The van der Waals surface area contributed by atoms with Crippen LogP contribution in [-0.2, 0) is 11.3 Å². The van der Waals surface area contributed by atoms with Gasteiger partial charge in [-0.2, -0.15) is 10.2 Å². The average molecular weight is 372 g/mol. The fraction of sp³-hybridized carbons (Fsp3) is 0.579. The molecule has 2 bridgehead atoms. The number of nitrogens with zero attached hydrogens (tertiary/aromatic N) is 4. The lowest BCUT2D eigenvalue weighted by Gasteiger charge is -2.34. The maximum absolute atomic E-state index is 12.2. The highest BCUT2D eigenvalue weighted by atomic mass is 32.2. The molecule has 1 aromatic rings. The molecular weight excluding hydrogens is 346 g/mol. The second kappa shape index (κ2) is 6.08. The third kappa shape index (κ3) is 2.64. The smallest absolute Gasteiger partial charge is 0.264 e. The van der Waals surface area contributed by atoms with Gasteiger partial charge in [0.25, 0.3) is 5.91 Å². The van der Waals surface area contributed by atoms with Crippen molar-refractivity contribution in [3.63, 3.8) is 0 Å². The Kier molecular flexibility index (Phi) is 4.10. The van der Waals surface area contributed by atoms with E-state index >= 15 is 0 Å². The number of aromatic nitrogens is 2. The second-order valence-corrected chi connectivity index (χ2v) is 9.17. The van der Waals surface area contributed by atoms with E-state index in [1.165, 1.54) is 30.3 Å². The van der Waals surface area contributed by atoms with Crippen LogP contribution in [0.1, 0.15) is 52.5 Å². The standard InChI is InChI=1S/C19H25N5OS/c1-5-24-11-12(10-20-24)8-14-16(25)21-17(26-14)23-22-15-9-13-6-7-19(15,4)18(13,2)3/h8,10-11,13H,5-7,9H2,1-4H3,(H,21,23,25)/b14-8+,22-15+. The van der Waals surface area contributed by atoms with Gasteiger partial charge in [0.15, 0.2) is 5.17 Å². The van der Waals surface area contributed by atoms with Crippen LogP contribution in [0.15, 0.2) is 27.5 Å². The molecule has 1 aliphatic heterocycles. The van der Waals surface area contributed by atoms with Gasteiger partial charge in [0.2, 0.25) is 0 Å². The summed E-state index contributed by atoms with van der Waals surface area (Å²) in [5, 5.41) is 16.6. The molecule has 0 radical (unpaired) electrons. The van der Waals surface area contributed by atoms with E-state index < -0.39 is 0 Å². The van der Waals surface area contributed by atoms with Crippen molar-refractivity contribution in [2.24, 2.45) is 27.0 Å². The van der Waals surface area contributed by atoms with Gasteiger partial charge >= 0.3 is 0 Å². The fourth-order valence-electron chi connectivity index (χ4n) is 4.44. The minimum atomic E-state index is -0.127. The molecular formula is C19H25N5OS. The van der Waals surface area contributed by atoms with Crippen molar-refractivity contribution < 1.29 is 4.79 Å². The molecule has 2 aliphatic carbocycles. The van der Waals surface area contributed by atoms with E-state index in [0.29, 0.717) is 16.0 Å². The SMILES string of the molecule is CCn1cc(/C=C2/S/C(=N/N=C3\CC4CCC3(C)C4(C)C)NC2=O)cn1. The van der Waals surface area contributed by atoms with Gasteiger partial charge in [-0.25, -0.2) is 0 Å². The van der Waals surface area contributed by atoms with E-state index in [1.54, 1.807) is 6.20 Å². The lowest BCUT2D eigenvalue weighted by molar-refractivity contribution is -0.115. The number of rotatable bonds is 3. The molecule has 2 saturated carbocycles. The minimum absolute atomic E-state index is 0.127. The Labute approximate surface area is 158 Å². The average Bonchev–Trinajstić information content (AvgIpc) is 3.29. The van der Waals surface area contributed by atoms with Gasteiger partial charge in [0.1, 0.15) is 0 Å². The van der Waals surface area contributed by atoms with Gasteiger partial charge < -0.3 is 0 Å². The lowest BCUT2D eigenvalue weighted by Crippen LogP contribution is -2.32. The molecule has 3 fully saturated rings. The Hall–Kier alpha value is -1.89. The maximum atomic E-state index is 12.2. The number of nitrogens with one attached hydrogen (secondary N) is 1. The van der Waals surface area contributed by atoms with Crippen LogP contribution in [-0.4, -0.2) is 26.6 Å². The molecule has 26 heavy (non-hydrogen) atoms. The monoisotopic (exact) mass is 371 g/mol. The molecule has 1 aromatic heterocycles. The molecule has 0 spiro atoms. The van der Waals surface area contributed by atoms with Crippen LogP contribution in [0, 0.1) is 16.7 Å². The highest BCUT2D eigenvalue weighted by Gasteiger charge is 2.60. The zero-order valence-electron chi connectivity index (χ0n) is 15.7. The van der Waals surface area contributed by atoms with Gasteiger partial charge in [-0.3, -0.25) is 14.8 Å². The summed E-state index contributed by atoms with van der Waals surface area (Å²) < 4.78 is 1.84. The molecule has 2 heterocycles. The lowest BCUT2D eigenvalue weighted by atomic mass is 9.70. The first-order valence-electron chi connectivity index (χ1n) is 9.22. The Morgan fingerprint density at radius 2 is 2.23 bits per heavy atom. The number of thioether (sulfide) groups is 1. The Morgan fingerprint density at radius 1 is 1.42 bits per heavy atom. The third-order valence-electron chi connectivity index (χ3n) is 6.70. The van der Waals surface area contributed by atoms with Gasteiger partial charge in [0.05, 0.1) is 11.1 Å². The van der Waals surface area contributed by atoms with E-state index in [0.717, 1.165) is 18.5 Å². The number of hydrogen-bond donors (Lipinski definition) is 1. The molecule has 138 valence electrons. The number of carbonyl (C=O) groups is 1. The van der Waals surface area contributed by atoms with Crippen molar-refractivity contribution in [2.45, 2.75) is 53.5 Å². The zero-order chi connectivity index (χ0) is 18.5. The Morgan fingerprint density at radius 3 is 2.85 bits per heavy atom. The van der Waals surface area contributed by atoms with Crippen LogP contribution in [0.5, 0.6) is 0 Å². The normalized spacial score (nSPS) is 34.4. The third-order valence-corrected chi connectivity index (χ3v) is 7.60. The molecule has 7 heteroatoms. The van der Waals surface area contributed by atoms with E-state index in [-0.39, 0.29) is 16.7 Å². The summed E-state index contributed by atoms with van der Waals surface area (Å²) in [7, 11) is 0. The van der Waals surface area contributed by atoms with Crippen molar-refractivity contribution >= 4 is 34.6 Å². The number of amides is 1. The molecule has 3 aliphatic rings. The summed E-state index contributed by atoms with van der Waals surface area (Å²) in [6.45, 7) is 9.86. The van der Waals surface area contributed by atoms with E-state index in [4.69, 9.17) is 0 Å². The minimum Gasteiger partial charge on any atom is -0.299 e. The number of amidine groups is 1. The predicted molar refractivity (Wildman–Crippen MR) is 106 cm³/mol. The van der Waals surface area contributed by atoms with E-state index in [2.05, 4.69) is 41.4 Å². The fourth-order valence-corrected chi connectivity index (χ4v) is 5.21. The van der Waals surface area contributed by atoms with E-state index in [1.807, 2.05) is 23.9 Å². The molecule has 0 aromatic carbocycles. The Bertz CT molecular complexity index is 850. The van der Waals surface area contributed by atoms with Crippen molar-refractivity contribution in [3.05, 3.63) is 22.9 Å². The van der Waals surface area contributed by atoms with E-state index in [9.17, 15) is 4.79 Å². The van der Waals surface area contributed by atoms with Crippen LogP contribution < -0.4 is 5.32 Å². The van der Waals surface area contributed by atoms with Crippen LogP contribution >= 0.6 is 11.8 Å². The van der Waals surface area contributed by atoms with Crippen molar-refractivity contribution in [1.29, 1.82) is 0 Å². The van der Waals surface area contributed by atoms with Crippen molar-refractivity contribution in [3.8, 4) is 0 Å². The summed E-state index contributed by atoms with van der Waals surface area (Å²) in [5.74, 6) is 0.570. The predicted octanol–water partition coefficient (Wildman–Crippen LogP) is 3.67. The first-order chi connectivity index (χ1) is 12.3. The highest BCUT2D eigenvalue weighted by molar-refractivity contribution is 8.18. The summed E-state index contributed by atoms with van der Waals surface area (Å²) in [6.07, 6.45) is 9.02. The van der Waals surface area contributed by atoms with Gasteiger partial charge in [0, 0.05) is 29.4 Å². The summed E-state index contributed by atoms with van der Waals surface area (Å²) in [6, 6.07) is 0. The first kappa shape index (κ1) is 17.5. The van der Waals surface area contributed by atoms with Crippen molar-refractivity contribution in [1.82, 2.24) is 15.1 Å². The molecule has 4 rings (SSSR count). The zero-order valence-corrected chi connectivity index (χ0v) is 16.6. The number of hydrogen-bond acceptors (Lipinski definition) is 5. The van der Waals surface area contributed by atoms with Gasteiger partial charge in [-0.15, -0.1) is 5.10 Å². The molecule has 6 nitrogen and oxygen atoms in total. The van der Waals surface area contributed by atoms with Crippen LogP contribution in [0.2, 0.25) is 0 Å². The maximum Gasteiger partial charge on any atom is 0.264 e. The number of aryl methyl sites for hydroxylation is 1. The van der Waals surface area contributed by atoms with Crippen LogP contribution in [0.4, 0.5) is 0 Å². The molecule has 2 atom stereocenters. The van der Waals surface area contributed by atoms with Crippen LogP contribution in [0.25, 0.3) is 6.08 Å². The molecule has 2 unspecified atom stereocenters. The second-order valence-electron chi connectivity index (χ2n) is 8.14. The first-order valence-corrected chi connectivity index (χ1v) is 10.0. The van der Waals surface area contributed by atoms with Gasteiger partial charge in [-0.1, -0.05) is 20.8 Å². The van der Waals surface area contributed by atoms with Gasteiger partial charge in [-0.05, 0) is 55.4 Å². The number of carbonyl (C=O) groups excluding carboxylic acids is 1. The molecule has 1 N–H and O–H groups in total. The molecule has 1 amide bonds. The summed E-state index contributed by atoms with van der Waals surface area (Å²) in [4.78, 5) is 12.8. The summed E-state index contributed by atoms with van der Waals surface area (Å²) >= 11 is 1.34. The summed E-state index contributed by atoms with van der Waals surface area (Å²) in [5.41, 5.74) is 2.51. The topological polar surface area (TPSA) is 71.6 Å². The quantitative estimate of drug-likeness (QED) is 0.651.